The van der Waals surface area contributed by atoms with Crippen LogP contribution in [0.5, 0.6) is 0 Å². The molecule has 1 aromatic carbocycles. The first kappa shape index (κ1) is 15.2. The van der Waals surface area contributed by atoms with Gasteiger partial charge in [-0.15, -0.1) is 0 Å². The monoisotopic (exact) mass is 260 g/mol. The second-order valence-electron chi connectivity index (χ2n) is 4.66. The SMILES string of the molecule is CCOC(=O)/C(=C\c1ccc(C(C)C)cc1)C(C)=O. The van der Waals surface area contributed by atoms with E-state index in [1.54, 1.807) is 13.0 Å². The van der Waals surface area contributed by atoms with Crippen molar-refractivity contribution in [2.45, 2.75) is 33.6 Å². The van der Waals surface area contributed by atoms with E-state index < -0.39 is 5.97 Å². The molecule has 19 heavy (non-hydrogen) atoms. The molecular formula is C16H20O3. The Morgan fingerprint density at radius 2 is 1.79 bits per heavy atom. The second-order valence-corrected chi connectivity index (χ2v) is 4.66. The molecule has 1 rings (SSSR count). The zero-order chi connectivity index (χ0) is 14.4. The zero-order valence-electron chi connectivity index (χ0n) is 11.9. The zero-order valence-corrected chi connectivity index (χ0v) is 11.9. The van der Waals surface area contributed by atoms with Crippen molar-refractivity contribution in [2.75, 3.05) is 6.61 Å². The van der Waals surface area contributed by atoms with Crippen molar-refractivity contribution in [1.82, 2.24) is 0 Å². The van der Waals surface area contributed by atoms with Crippen LogP contribution in [-0.2, 0) is 14.3 Å². The van der Waals surface area contributed by atoms with Crippen LogP contribution in [0.15, 0.2) is 29.8 Å². The lowest BCUT2D eigenvalue weighted by molar-refractivity contribution is -0.139. The fourth-order valence-corrected chi connectivity index (χ4v) is 1.66. The van der Waals surface area contributed by atoms with Crippen molar-refractivity contribution >= 4 is 17.8 Å². The highest BCUT2D eigenvalue weighted by atomic mass is 16.5. The Balaban J connectivity index is 3.02. The number of benzene rings is 1. The maximum Gasteiger partial charge on any atom is 0.341 e. The molecular weight excluding hydrogens is 240 g/mol. The van der Waals surface area contributed by atoms with Gasteiger partial charge in [0, 0.05) is 0 Å². The van der Waals surface area contributed by atoms with Crippen LogP contribution in [0.4, 0.5) is 0 Å². The largest absolute Gasteiger partial charge is 0.462 e. The number of hydrogen-bond donors (Lipinski definition) is 0. The summed E-state index contributed by atoms with van der Waals surface area (Å²) in [6, 6.07) is 7.80. The van der Waals surface area contributed by atoms with Crippen LogP contribution in [0.2, 0.25) is 0 Å². The number of hydrogen-bond acceptors (Lipinski definition) is 3. The molecule has 0 bridgehead atoms. The summed E-state index contributed by atoms with van der Waals surface area (Å²) >= 11 is 0. The van der Waals surface area contributed by atoms with Gasteiger partial charge < -0.3 is 4.74 Å². The highest BCUT2D eigenvalue weighted by Gasteiger charge is 2.15. The summed E-state index contributed by atoms with van der Waals surface area (Å²) in [6.07, 6.45) is 1.57. The van der Waals surface area contributed by atoms with E-state index in [9.17, 15) is 9.59 Å². The molecule has 0 atom stereocenters. The first-order valence-electron chi connectivity index (χ1n) is 6.45. The van der Waals surface area contributed by atoms with Crippen molar-refractivity contribution in [3.05, 3.63) is 41.0 Å². The van der Waals surface area contributed by atoms with Crippen LogP contribution >= 0.6 is 0 Å². The molecule has 0 saturated heterocycles. The van der Waals surface area contributed by atoms with E-state index in [-0.39, 0.29) is 18.0 Å². The number of ketones is 1. The Kier molecular flexibility index (Phi) is 5.49. The lowest BCUT2D eigenvalue weighted by Crippen LogP contribution is -2.13. The van der Waals surface area contributed by atoms with E-state index >= 15 is 0 Å². The Morgan fingerprint density at radius 3 is 2.21 bits per heavy atom. The van der Waals surface area contributed by atoms with Crippen molar-refractivity contribution in [2.24, 2.45) is 0 Å². The van der Waals surface area contributed by atoms with Gasteiger partial charge in [-0.3, -0.25) is 4.79 Å². The minimum Gasteiger partial charge on any atom is -0.462 e. The van der Waals surface area contributed by atoms with Gasteiger partial charge in [0.15, 0.2) is 5.78 Å². The molecule has 0 aliphatic carbocycles. The summed E-state index contributed by atoms with van der Waals surface area (Å²) < 4.78 is 4.87. The summed E-state index contributed by atoms with van der Waals surface area (Å²) in [5, 5.41) is 0. The molecule has 0 spiro atoms. The van der Waals surface area contributed by atoms with Crippen LogP contribution in [0.3, 0.4) is 0 Å². The molecule has 0 unspecified atom stereocenters. The van der Waals surface area contributed by atoms with Gasteiger partial charge in [-0.1, -0.05) is 38.1 Å². The standard InChI is InChI=1S/C16H20O3/c1-5-19-16(18)15(12(4)17)10-13-6-8-14(9-7-13)11(2)3/h6-11H,5H2,1-4H3/b15-10-. The van der Waals surface area contributed by atoms with Crippen molar-refractivity contribution in [3.8, 4) is 0 Å². The first-order chi connectivity index (χ1) is 8.95. The van der Waals surface area contributed by atoms with Gasteiger partial charge in [0.05, 0.1) is 6.61 Å². The Bertz CT molecular complexity index is 481. The van der Waals surface area contributed by atoms with Gasteiger partial charge in [-0.25, -0.2) is 4.79 Å². The molecule has 0 amide bonds. The summed E-state index contributed by atoms with van der Waals surface area (Å²) in [7, 11) is 0. The number of carbonyl (C=O) groups is 2. The van der Waals surface area contributed by atoms with E-state index in [0.717, 1.165) is 5.56 Å². The molecule has 3 nitrogen and oxygen atoms in total. The van der Waals surface area contributed by atoms with E-state index in [1.165, 1.54) is 12.5 Å². The predicted octanol–water partition coefficient (Wildman–Crippen LogP) is 3.35. The Hall–Kier alpha value is -1.90. The topological polar surface area (TPSA) is 43.4 Å². The van der Waals surface area contributed by atoms with E-state index in [4.69, 9.17) is 4.74 Å². The number of ether oxygens (including phenoxy) is 1. The molecule has 0 aliphatic rings. The van der Waals surface area contributed by atoms with Crippen LogP contribution in [0.1, 0.15) is 44.7 Å². The molecule has 3 heteroatoms. The van der Waals surface area contributed by atoms with Gasteiger partial charge >= 0.3 is 5.97 Å². The maximum absolute atomic E-state index is 11.7. The van der Waals surface area contributed by atoms with Gasteiger partial charge in [0.1, 0.15) is 5.57 Å². The number of Topliss-reactive ketones (excluding diaryl/α,β-unsaturated/α-hetero) is 1. The minimum atomic E-state index is -0.567. The Labute approximate surface area is 114 Å². The quantitative estimate of drug-likeness (QED) is 0.353. The molecule has 102 valence electrons. The number of carbonyl (C=O) groups excluding carboxylic acids is 2. The average molecular weight is 260 g/mol. The second kappa shape index (κ2) is 6.88. The van der Waals surface area contributed by atoms with Crippen molar-refractivity contribution in [1.29, 1.82) is 0 Å². The molecule has 1 aromatic rings. The van der Waals surface area contributed by atoms with Crippen molar-refractivity contribution in [3.63, 3.8) is 0 Å². The fourth-order valence-electron chi connectivity index (χ4n) is 1.66. The average Bonchev–Trinajstić information content (AvgIpc) is 2.36. The lowest BCUT2D eigenvalue weighted by Gasteiger charge is -2.06. The third kappa shape index (κ3) is 4.36. The van der Waals surface area contributed by atoms with Gasteiger partial charge in [-0.2, -0.15) is 0 Å². The summed E-state index contributed by atoms with van der Waals surface area (Å²) in [4.78, 5) is 23.1. The molecule has 0 N–H and O–H groups in total. The summed E-state index contributed by atoms with van der Waals surface area (Å²) in [5.74, 6) is -0.398. The first-order valence-corrected chi connectivity index (χ1v) is 6.45. The maximum atomic E-state index is 11.7. The molecule has 0 radical (unpaired) electrons. The van der Waals surface area contributed by atoms with Crippen LogP contribution in [-0.4, -0.2) is 18.4 Å². The van der Waals surface area contributed by atoms with Gasteiger partial charge in [0.25, 0.3) is 0 Å². The summed E-state index contributed by atoms with van der Waals surface area (Å²) in [5.41, 5.74) is 2.12. The summed E-state index contributed by atoms with van der Waals surface area (Å²) in [6.45, 7) is 7.57. The highest BCUT2D eigenvalue weighted by molar-refractivity contribution is 6.19. The normalized spacial score (nSPS) is 11.5. The molecule has 0 heterocycles. The highest BCUT2D eigenvalue weighted by Crippen LogP contribution is 2.16. The van der Waals surface area contributed by atoms with Crippen molar-refractivity contribution < 1.29 is 14.3 Å². The number of esters is 1. The Morgan fingerprint density at radius 1 is 1.21 bits per heavy atom. The third-order valence-electron chi connectivity index (χ3n) is 2.79. The smallest absolute Gasteiger partial charge is 0.341 e. The van der Waals surface area contributed by atoms with E-state index in [1.807, 2.05) is 24.3 Å². The third-order valence-corrected chi connectivity index (χ3v) is 2.79. The van der Waals surface area contributed by atoms with Crippen LogP contribution in [0, 0.1) is 0 Å². The molecule has 0 aromatic heterocycles. The predicted molar refractivity (Wildman–Crippen MR) is 75.8 cm³/mol. The van der Waals surface area contributed by atoms with Gasteiger partial charge in [0.2, 0.25) is 0 Å². The molecule has 0 fully saturated rings. The lowest BCUT2D eigenvalue weighted by atomic mass is 10.0. The van der Waals surface area contributed by atoms with Crippen LogP contribution in [0.25, 0.3) is 6.08 Å². The minimum absolute atomic E-state index is 0.0825. The number of rotatable bonds is 5. The van der Waals surface area contributed by atoms with E-state index in [2.05, 4.69) is 13.8 Å². The van der Waals surface area contributed by atoms with Crippen LogP contribution < -0.4 is 0 Å². The molecule has 0 aliphatic heterocycles. The molecule has 0 saturated carbocycles. The fraction of sp³-hybridized carbons (Fsp3) is 0.375. The van der Waals surface area contributed by atoms with Gasteiger partial charge in [-0.05, 0) is 37.0 Å². The van der Waals surface area contributed by atoms with E-state index in [0.29, 0.717) is 5.92 Å².